The van der Waals surface area contributed by atoms with Crippen molar-refractivity contribution in [2.75, 3.05) is 27.6 Å². The lowest BCUT2D eigenvalue weighted by Crippen LogP contribution is -2.12. The van der Waals surface area contributed by atoms with Gasteiger partial charge in [0.25, 0.3) is 5.91 Å². The first kappa shape index (κ1) is 70.0. The highest BCUT2D eigenvalue weighted by Gasteiger charge is 2.28. The topological polar surface area (TPSA) is 164 Å². The SMILES string of the molecule is CN=Nc1ccc2c(c1)C(=O)c1cc(N=Nc3c(O)c(CONc4ccc(CCc5ccc(N(c6ccc(C)cc6)c6ccc(C)cc6)cc5)cc4)cc4ccccc34)ccc1-2.Cc1ccc(N(c2ccc(C)cc2)c2ccc(CCc3ccc(NC(=O)c4cc5ccccc5c(C)c4O)cc3)cc2)cc1. The molecule has 1 aliphatic rings. The van der Waals surface area contributed by atoms with Crippen molar-refractivity contribution in [2.24, 2.45) is 20.5 Å². The minimum atomic E-state index is -0.325. The first-order valence-corrected chi connectivity index (χ1v) is 35.6. The van der Waals surface area contributed by atoms with Crippen molar-refractivity contribution in [3.63, 3.8) is 0 Å². The number of nitrogens with one attached hydrogen (secondary N) is 2. The Bertz CT molecular complexity index is 5480. The molecule has 15 rings (SSSR count). The summed E-state index contributed by atoms with van der Waals surface area (Å²) in [6.07, 6.45) is 3.60. The number of phenols is 2. The van der Waals surface area contributed by atoms with E-state index in [4.69, 9.17) is 4.84 Å². The van der Waals surface area contributed by atoms with Gasteiger partial charge in [-0.1, -0.05) is 180 Å². The Morgan fingerprint density at radius 2 is 0.783 bits per heavy atom. The minimum absolute atomic E-state index is 0.0182. The molecule has 14 aromatic rings. The number of aryl methyl sites for hydroxylation is 9. The van der Waals surface area contributed by atoms with E-state index in [9.17, 15) is 19.8 Å². The molecule has 14 aromatic carbocycles. The molecule has 0 saturated carbocycles. The summed E-state index contributed by atoms with van der Waals surface area (Å²) in [6.45, 7) is 10.3. The maximum Gasteiger partial charge on any atom is 0.259 e. The Hall–Kier alpha value is -13.1. The highest BCUT2D eigenvalue weighted by Crippen LogP contribution is 2.44. The number of azo groups is 2. The average molecular weight is 1390 g/mol. The van der Waals surface area contributed by atoms with Gasteiger partial charge in [-0.15, -0.1) is 5.11 Å². The molecule has 0 atom stereocenters. The largest absolute Gasteiger partial charge is 0.507 e. The fourth-order valence-electron chi connectivity index (χ4n) is 13.4. The molecular weight excluding hydrogens is 1310 g/mol. The van der Waals surface area contributed by atoms with Crippen LogP contribution in [0.3, 0.4) is 0 Å². The third-order valence-electron chi connectivity index (χ3n) is 19.4. The molecule has 13 heteroatoms. The van der Waals surface area contributed by atoms with Crippen LogP contribution in [0.2, 0.25) is 0 Å². The summed E-state index contributed by atoms with van der Waals surface area (Å²) in [5.74, 6) is -0.436. The van der Waals surface area contributed by atoms with Gasteiger partial charge in [0.1, 0.15) is 23.8 Å². The summed E-state index contributed by atoms with van der Waals surface area (Å²) in [5.41, 5.74) is 26.9. The lowest BCUT2D eigenvalue weighted by Gasteiger charge is -2.26. The van der Waals surface area contributed by atoms with E-state index < -0.39 is 0 Å². The van der Waals surface area contributed by atoms with Crippen LogP contribution < -0.4 is 20.6 Å². The highest BCUT2D eigenvalue weighted by molar-refractivity contribution is 6.22. The Morgan fingerprint density at radius 3 is 1.23 bits per heavy atom. The van der Waals surface area contributed by atoms with Gasteiger partial charge in [0.15, 0.2) is 5.78 Å². The summed E-state index contributed by atoms with van der Waals surface area (Å²) >= 11 is 0. The van der Waals surface area contributed by atoms with Gasteiger partial charge in [0.05, 0.1) is 22.6 Å². The molecule has 106 heavy (non-hydrogen) atoms. The lowest BCUT2D eigenvalue weighted by molar-refractivity contribution is 0.102. The van der Waals surface area contributed by atoms with Crippen molar-refractivity contribution in [1.29, 1.82) is 0 Å². The molecule has 0 unspecified atom stereocenters. The number of anilines is 8. The number of benzene rings is 14. The smallest absolute Gasteiger partial charge is 0.259 e. The number of amides is 1. The quantitative estimate of drug-likeness (QED) is 0.0408. The van der Waals surface area contributed by atoms with Gasteiger partial charge in [-0.05, 0) is 249 Å². The Kier molecular flexibility index (Phi) is 20.9. The number of nitrogens with zero attached hydrogens (tertiary/aromatic N) is 6. The number of aromatic hydroxyl groups is 2. The minimum Gasteiger partial charge on any atom is -0.507 e. The second kappa shape index (κ2) is 31.6. The summed E-state index contributed by atoms with van der Waals surface area (Å²) in [4.78, 5) is 36.9. The normalized spacial score (nSPS) is 11.6. The zero-order valence-corrected chi connectivity index (χ0v) is 60.1. The number of carbonyl (C=O) groups excluding carboxylic acids is 2. The third-order valence-corrected chi connectivity index (χ3v) is 19.4. The number of hydrogen-bond acceptors (Lipinski definition) is 12. The van der Waals surface area contributed by atoms with E-state index in [0.29, 0.717) is 45.0 Å². The van der Waals surface area contributed by atoms with Gasteiger partial charge in [0.2, 0.25) is 0 Å². The zero-order chi connectivity index (χ0) is 73.2. The molecule has 0 bridgehead atoms. The molecule has 522 valence electrons. The van der Waals surface area contributed by atoms with E-state index in [-0.39, 0.29) is 35.4 Å². The van der Waals surface area contributed by atoms with Crippen LogP contribution in [0.1, 0.15) is 81.9 Å². The van der Waals surface area contributed by atoms with Crippen molar-refractivity contribution in [1.82, 2.24) is 0 Å². The van der Waals surface area contributed by atoms with Crippen molar-refractivity contribution >= 4 is 95.8 Å². The zero-order valence-electron chi connectivity index (χ0n) is 60.1. The molecule has 1 amide bonds. The highest BCUT2D eigenvalue weighted by atomic mass is 16.6. The van der Waals surface area contributed by atoms with Crippen LogP contribution in [0.25, 0.3) is 32.7 Å². The van der Waals surface area contributed by atoms with Gasteiger partial charge >= 0.3 is 0 Å². The standard InChI is InChI=1S/C53H44N6O3.C40H36N2O2/c1-34-8-22-43(23-9-34)59(44-24-10-35(2)11-25-44)45-26-16-37(17-27-45)13-12-36-14-18-40(19-15-36)58-62-33-39-30-38-6-4-5-7-46(38)51(52(39)60)57-56-42-21-29-48-47-28-20-41(55-54-3)31-49(47)53(61)50(48)32-42;1-27-8-20-34(21-9-27)42(35-22-10-28(2)11-23-35)36-24-16-31(17-25-36)13-12-30-14-18-33(19-15-30)41-40(44)38-26-32-6-4-5-7-37(32)29(3)39(38)43/h4-11,14-32,58,60H,12-13,33H2,1-3H3;4-11,14-26,43H,12-13H2,1-3H3,(H,41,44). The average Bonchev–Trinajstić information content (AvgIpc) is 1.66. The molecule has 0 fully saturated rings. The van der Waals surface area contributed by atoms with Crippen molar-refractivity contribution in [3.05, 3.63) is 364 Å². The van der Waals surface area contributed by atoms with Crippen LogP contribution >= 0.6 is 0 Å². The molecule has 0 spiro atoms. The van der Waals surface area contributed by atoms with Crippen LogP contribution in [-0.2, 0) is 37.1 Å². The van der Waals surface area contributed by atoms with Crippen LogP contribution in [0.4, 0.5) is 62.6 Å². The van der Waals surface area contributed by atoms with E-state index in [0.717, 1.165) is 98.2 Å². The van der Waals surface area contributed by atoms with Gasteiger partial charge < -0.3 is 25.3 Å². The molecular formula is C93H80N8O5. The number of rotatable bonds is 21. The Balaban J connectivity index is 0.000000189. The second-order valence-corrected chi connectivity index (χ2v) is 26.9. The van der Waals surface area contributed by atoms with Crippen molar-refractivity contribution in [2.45, 2.75) is 66.9 Å². The molecule has 0 aliphatic heterocycles. The maximum atomic E-state index is 13.4. The molecule has 13 nitrogen and oxygen atoms in total. The van der Waals surface area contributed by atoms with Crippen LogP contribution in [0.5, 0.6) is 11.5 Å². The van der Waals surface area contributed by atoms with Crippen LogP contribution in [0.15, 0.2) is 312 Å². The number of phenolic OH excluding ortho intramolecular Hbond substituents is 2. The molecule has 0 aromatic heterocycles. The summed E-state index contributed by atoms with van der Waals surface area (Å²) in [7, 11) is 1.59. The monoisotopic (exact) mass is 1390 g/mol. The third kappa shape index (κ3) is 15.9. The lowest BCUT2D eigenvalue weighted by atomic mass is 9.99. The second-order valence-electron chi connectivity index (χ2n) is 26.9. The van der Waals surface area contributed by atoms with Gasteiger partial charge in [-0.2, -0.15) is 15.3 Å². The fraction of sp³-hybridized carbons (Fsp3) is 0.118. The first-order valence-electron chi connectivity index (χ1n) is 35.6. The van der Waals surface area contributed by atoms with E-state index in [2.05, 4.69) is 226 Å². The number of hydrogen-bond donors (Lipinski definition) is 4. The fourth-order valence-corrected chi connectivity index (χ4v) is 13.4. The Morgan fingerprint density at radius 1 is 0.396 bits per heavy atom. The van der Waals surface area contributed by atoms with Gasteiger partial charge in [0, 0.05) is 68.9 Å². The molecule has 4 N–H and O–H groups in total. The molecule has 1 aliphatic carbocycles. The summed E-state index contributed by atoms with van der Waals surface area (Å²) < 4.78 is 0. The van der Waals surface area contributed by atoms with Gasteiger partial charge in [-0.3, -0.25) is 19.9 Å². The molecule has 0 heterocycles. The Labute approximate surface area is 618 Å². The predicted molar refractivity (Wildman–Crippen MR) is 431 cm³/mol. The number of fused-ring (bicyclic) bond motifs is 5. The summed E-state index contributed by atoms with van der Waals surface area (Å²) in [6, 6.07) is 98.3. The van der Waals surface area contributed by atoms with Crippen molar-refractivity contribution in [3.8, 4) is 22.6 Å². The van der Waals surface area contributed by atoms with Gasteiger partial charge in [-0.25, -0.2) is 0 Å². The van der Waals surface area contributed by atoms with Crippen molar-refractivity contribution < 1.29 is 24.6 Å². The van der Waals surface area contributed by atoms with E-state index in [1.54, 1.807) is 25.2 Å². The molecule has 0 radical (unpaired) electrons. The predicted octanol–water partition coefficient (Wildman–Crippen LogP) is 24.3. The van der Waals surface area contributed by atoms with E-state index in [1.807, 2.05) is 122 Å². The van der Waals surface area contributed by atoms with E-state index >= 15 is 0 Å². The van der Waals surface area contributed by atoms with Crippen LogP contribution in [-0.4, -0.2) is 29.0 Å². The van der Waals surface area contributed by atoms with Crippen LogP contribution in [0, 0.1) is 34.6 Å². The molecule has 0 saturated heterocycles. The number of carbonyl (C=O) groups is 2. The maximum absolute atomic E-state index is 13.4. The summed E-state index contributed by atoms with van der Waals surface area (Å²) in [5, 5.41) is 45.5. The number of ketones is 1. The van der Waals surface area contributed by atoms with E-state index in [1.165, 1.54) is 44.5 Å². The first-order chi connectivity index (χ1) is 51.7.